The number of ether oxygens (including phenoxy) is 1. The van der Waals surface area contributed by atoms with Crippen molar-refractivity contribution >= 4 is 17.5 Å². The summed E-state index contributed by atoms with van der Waals surface area (Å²) in [6, 6.07) is 8.35. The summed E-state index contributed by atoms with van der Waals surface area (Å²) in [6.07, 6.45) is 4.95. The Morgan fingerprint density at radius 3 is 2.77 bits per heavy atom. The minimum absolute atomic E-state index is 0.0135. The Kier molecular flexibility index (Phi) is 6.80. The number of hydrogen-bond donors (Lipinski definition) is 1. The van der Waals surface area contributed by atoms with E-state index in [2.05, 4.69) is 29.8 Å². The van der Waals surface area contributed by atoms with Crippen LogP contribution in [0.2, 0.25) is 5.15 Å². The molecule has 2 fully saturated rings. The molecule has 1 unspecified atom stereocenters. The SMILES string of the molecule is Cc1c(OCCO)ccc(C2CCC[C@H]3CN(C(=O)c4ccc(Cl)nc4)CCN23)c1C. The summed E-state index contributed by atoms with van der Waals surface area (Å²) in [5, 5.41) is 9.45. The molecule has 166 valence electrons. The smallest absolute Gasteiger partial charge is 0.255 e. The van der Waals surface area contributed by atoms with Crippen LogP contribution in [-0.2, 0) is 0 Å². The molecule has 0 saturated carbocycles. The highest BCUT2D eigenvalue weighted by Crippen LogP contribution is 2.39. The Morgan fingerprint density at radius 2 is 2.03 bits per heavy atom. The topological polar surface area (TPSA) is 65.9 Å². The molecule has 0 radical (unpaired) electrons. The van der Waals surface area contributed by atoms with Gasteiger partial charge in [0, 0.05) is 37.9 Å². The molecule has 1 aromatic carbocycles. The second kappa shape index (κ2) is 9.55. The van der Waals surface area contributed by atoms with Crippen LogP contribution in [0.25, 0.3) is 0 Å². The third-order valence-electron chi connectivity index (χ3n) is 6.69. The van der Waals surface area contributed by atoms with Crippen LogP contribution in [0.15, 0.2) is 30.5 Å². The average Bonchev–Trinajstić information content (AvgIpc) is 2.79. The van der Waals surface area contributed by atoms with Crippen molar-refractivity contribution in [3.8, 4) is 5.75 Å². The van der Waals surface area contributed by atoms with Crippen LogP contribution in [0.3, 0.4) is 0 Å². The molecule has 2 aliphatic heterocycles. The Bertz CT molecular complexity index is 934. The lowest BCUT2D eigenvalue weighted by Crippen LogP contribution is -2.57. The highest BCUT2D eigenvalue weighted by Gasteiger charge is 2.37. The molecule has 1 N–H and O–H groups in total. The Balaban J connectivity index is 1.49. The van der Waals surface area contributed by atoms with Gasteiger partial charge in [-0.15, -0.1) is 0 Å². The zero-order valence-electron chi connectivity index (χ0n) is 18.2. The molecule has 3 heterocycles. The van der Waals surface area contributed by atoms with Crippen LogP contribution >= 0.6 is 11.6 Å². The third-order valence-corrected chi connectivity index (χ3v) is 6.92. The number of piperidine rings is 1. The fraction of sp³-hybridized carbons (Fsp3) is 0.500. The van der Waals surface area contributed by atoms with Gasteiger partial charge in [-0.2, -0.15) is 0 Å². The van der Waals surface area contributed by atoms with Crippen molar-refractivity contribution in [2.24, 2.45) is 0 Å². The second-order valence-corrected chi connectivity index (χ2v) is 8.82. The lowest BCUT2D eigenvalue weighted by Gasteiger charge is -2.48. The fourth-order valence-electron chi connectivity index (χ4n) is 4.94. The quantitative estimate of drug-likeness (QED) is 0.712. The first-order valence-electron chi connectivity index (χ1n) is 11.0. The summed E-state index contributed by atoms with van der Waals surface area (Å²) in [4.78, 5) is 21.6. The van der Waals surface area contributed by atoms with Crippen LogP contribution in [0.1, 0.15) is 52.4 Å². The summed E-state index contributed by atoms with van der Waals surface area (Å²) in [6.45, 7) is 6.89. The van der Waals surface area contributed by atoms with Crippen LogP contribution in [0.4, 0.5) is 0 Å². The van der Waals surface area contributed by atoms with Gasteiger partial charge in [-0.1, -0.05) is 17.7 Å². The molecule has 0 spiro atoms. The number of piperazine rings is 1. The van der Waals surface area contributed by atoms with Crippen molar-refractivity contribution in [3.05, 3.63) is 57.9 Å². The summed E-state index contributed by atoms with van der Waals surface area (Å²) in [7, 11) is 0. The van der Waals surface area contributed by atoms with Crippen molar-refractivity contribution in [3.63, 3.8) is 0 Å². The normalized spacial score (nSPS) is 21.6. The van der Waals surface area contributed by atoms with Crippen molar-refractivity contribution < 1.29 is 14.6 Å². The predicted molar refractivity (Wildman–Crippen MR) is 121 cm³/mol. The van der Waals surface area contributed by atoms with E-state index in [1.807, 2.05) is 11.0 Å². The van der Waals surface area contributed by atoms with E-state index in [0.717, 1.165) is 43.7 Å². The molecule has 1 amide bonds. The number of pyridine rings is 1. The minimum Gasteiger partial charge on any atom is -0.491 e. The third kappa shape index (κ3) is 4.56. The van der Waals surface area contributed by atoms with Crippen LogP contribution in [0, 0.1) is 13.8 Å². The fourth-order valence-corrected chi connectivity index (χ4v) is 5.05. The first-order valence-corrected chi connectivity index (χ1v) is 11.4. The molecule has 2 saturated heterocycles. The molecular formula is C24H30ClN3O3. The van der Waals surface area contributed by atoms with Crippen LogP contribution < -0.4 is 4.74 Å². The maximum Gasteiger partial charge on any atom is 0.255 e. The molecule has 0 aliphatic carbocycles. The lowest BCUT2D eigenvalue weighted by atomic mass is 9.86. The monoisotopic (exact) mass is 443 g/mol. The highest BCUT2D eigenvalue weighted by molar-refractivity contribution is 6.29. The Labute approximate surface area is 188 Å². The molecule has 31 heavy (non-hydrogen) atoms. The summed E-state index contributed by atoms with van der Waals surface area (Å²) in [5.41, 5.74) is 4.33. The number of rotatable bonds is 5. The average molecular weight is 444 g/mol. The van der Waals surface area contributed by atoms with E-state index in [0.29, 0.717) is 36.0 Å². The molecule has 4 rings (SSSR count). The number of benzene rings is 1. The summed E-state index contributed by atoms with van der Waals surface area (Å²) < 4.78 is 5.68. The first kappa shape index (κ1) is 22.1. The highest BCUT2D eigenvalue weighted by atomic mass is 35.5. The Hall–Kier alpha value is -2.15. The van der Waals surface area contributed by atoms with Gasteiger partial charge in [0.25, 0.3) is 5.91 Å². The molecule has 6 nitrogen and oxygen atoms in total. The van der Waals surface area contributed by atoms with E-state index < -0.39 is 0 Å². The first-order chi connectivity index (χ1) is 15.0. The van der Waals surface area contributed by atoms with Crippen molar-refractivity contribution in [2.75, 3.05) is 32.8 Å². The number of aromatic nitrogens is 1. The van der Waals surface area contributed by atoms with Crippen molar-refractivity contribution in [1.82, 2.24) is 14.8 Å². The summed E-state index contributed by atoms with van der Waals surface area (Å²) >= 11 is 5.86. The van der Waals surface area contributed by atoms with E-state index in [1.54, 1.807) is 18.3 Å². The van der Waals surface area contributed by atoms with Gasteiger partial charge in [0.1, 0.15) is 17.5 Å². The van der Waals surface area contributed by atoms with E-state index in [4.69, 9.17) is 21.4 Å². The number of halogens is 1. The van der Waals surface area contributed by atoms with Gasteiger partial charge in [0.2, 0.25) is 0 Å². The predicted octanol–water partition coefficient (Wildman–Crippen LogP) is 3.77. The van der Waals surface area contributed by atoms with E-state index in [1.165, 1.54) is 11.1 Å². The van der Waals surface area contributed by atoms with Gasteiger partial charge in [-0.25, -0.2) is 4.98 Å². The van der Waals surface area contributed by atoms with Crippen molar-refractivity contribution in [2.45, 2.75) is 45.2 Å². The number of nitrogens with zero attached hydrogens (tertiary/aromatic N) is 3. The zero-order chi connectivity index (χ0) is 22.0. The van der Waals surface area contributed by atoms with E-state index >= 15 is 0 Å². The van der Waals surface area contributed by atoms with E-state index in [-0.39, 0.29) is 12.5 Å². The number of fused-ring (bicyclic) bond motifs is 1. The molecule has 7 heteroatoms. The van der Waals surface area contributed by atoms with Gasteiger partial charge in [0.15, 0.2) is 0 Å². The van der Waals surface area contributed by atoms with Gasteiger partial charge in [0.05, 0.1) is 12.2 Å². The second-order valence-electron chi connectivity index (χ2n) is 8.43. The largest absolute Gasteiger partial charge is 0.491 e. The number of carbonyl (C=O) groups is 1. The lowest BCUT2D eigenvalue weighted by molar-refractivity contribution is 0.0101. The van der Waals surface area contributed by atoms with Crippen LogP contribution in [-0.4, -0.2) is 64.7 Å². The molecular weight excluding hydrogens is 414 g/mol. The molecule has 1 aromatic heterocycles. The maximum atomic E-state index is 13.0. The maximum absolute atomic E-state index is 13.0. The number of aliphatic hydroxyl groups excluding tert-OH is 1. The molecule has 2 aliphatic rings. The van der Waals surface area contributed by atoms with Gasteiger partial charge in [-0.05, 0) is 68.0 Å². The van der Waals surface area contributed by atoms with Gasteiger partial charge >= 0.3 is 0 Å². The number of hydrogen-bond acceptors (Lipinski definition) is 5. The molecule has 2 aromatic rings. The molecule has 2 atom stereocenters. The number of carbonyl (C=O) groups excluding carboxylic acids is 1. The number of aliphatic hydroxyl groups is 1. The molecule has 0 bridgehead atoms. The number of amides is 1. The standard InChI is InChI=1S/C24H30ClN3O3/c1-16-17(2)22(31-13-12-29)8-7-20(16)21-5-3-4-19-15-27(10-11-28(19)21)24(30)18-6-9-23(25)26-14-18/h6-9,14,19,21,29H,3-5,10-13,15H2,1-2H3/t19-,21?/m0/s1. The minimum atomic E-state index is 0.0135. The Morgan fingerprint density at radius 1 is 1.19 bits per heavy atom. The summed E-state index contributed by atoms with van der Waals surface area (Å²) in [5.74, 6) is 0.873. The van der Waals surface area contributed by atoms with E-state index in [9.17, 15) is 4.79 Å². The zero-order valence-corrected chi connectivity index (χ0v) is 18.9. The van der Waals surface area contributed by atoms with Gasteiger partial charge < -0.3 is 14.7 Å². The van der Waals surface area contributed by atoms with Crippen molar-refractivity contribution in [1.29, 1.82) is 0 Å². The van der Waals surface area contributed by atoms with Crippen LogP contribution in [0.5, 0.6) is 5.75 Å². The van der Waals surface area contributed by atoms with Gasteiger partial charge in [-0.3, -0.25) is 9.69 Å².